The van der Waals surface area contributed by atoms with Crippen LogP contribution in [0.1, 0.15) is 42.4 Å². The molecule has 1 aliphatic carbocycles. The summed E-state index contributed by atoms with van der Waals surface area (Å²) >= 11 is 4.46. The highest BCUT2D eigenvalue weighted by Gasteiger charge is 2.27. The molecule has 2 aromatic carbocycles. The minimum Gasteiger partial charge on any atom is -0.489 e. The Hall–Kier alpha value is -2.54. The maximum Gasteiger partial charge on any atom is 0.368 e. The lowest BCUT2D eigenvalue weighted by molar-refractivity contribution is 0.301. The van der Waals surface area contributed by atoms with Gasteiger partial charge in [0.15, 0.2) is 0 Å². The van der Waals surface area contributed by atoms with Crippen LogP contribution in [-0.4, -0.2) is 19.8 Å². The Balaban J connectivity index is 1.70. The first-order chi connectivity index (χ1) is 13.1. The van der Waals surface area contributed by atoms with E-state index in [2.05, 4.69) is 42.1 Å². The Morgan fingerprint density at radius 3 is 2.70 bits per heavy atom. The van der Waals surface area contributed by atoms with Crippen molar-refractivity contribution in [2.24, 2.45) is 7.05 Å². The van der Waals surface area contributed by atoms with Gasteiger partial charge in [0.2, 0.25) is 0 Å². The van der Waals surface area contributed by atoms with E-state index in [0.29, 0.717) is 18.2 Å². The number of hydrogen-bond acceptors (Lipinski definition) is 5. The molecular weight excluding hydrogens is 360 g/mol. The molecule has 7 heteroatoms. The van der Waals surface area contributed by atoms with Crippen LogP contribution in [0, 0.1) is 0 Å². The zero-order valence-electron chi connectivity index (χ0n) is 15.4. The second kappa shape index (κ2) is 7.23. The Morgan fingerprint density at radius 2 is 2.04 bits per heavy atom. The zero-order chi connectivity index (χ0) is 19.0. The molecular formula is C20H22N4O2S. The molecule has 0 unspecified atom stereocenters. The van der Waals surface area contributed by atoms with Crippen molar-refractivity contribution in [2.45, 2.75) is 43.6 Å². The largest absolute Gasteiger partial charge is 0.489 e. The van der Waals surface area contributed by atoms with Gasteiger partial charge in [-0.25, -0.2) is 4.79 Å². The summed E-state index contributed by atoms with van der Waals surface area (Å²) < 4.78 is 8.78. The van der Waals surface area contributed by atoms with E-state index in [1.807, 2.05) is 24.3 Å². The topological polar surface area (TPSA) is 61.9 Å². The molecule has 0 aliphatic heterocycles. The van der Waals surface area contributed by atoms with Gasteiger partial charge in [-0.1, -0.05) is 19.1 Å². The van der Waals surface area contributed by atoms with Gasteiger partial charge in [-0.05, 0) is 71.0 Å². The fraction of sp³-hybridized carbons (Fsp3) is 0.350. The molecule has 0 N–H and O–H groups in total. The molecule has 0 bridgehead atoms. The average Bonchev–Trinajstić information content (AvgIpc) is 3.47. The summed E-state index contributed by atoms with van der Waals surface area (Å²) in [6, 6.07) is 11.9. The van der Waals surface area contributed by atoms with Crippen molar-refractivity contribution in [2.75, 3.05) is 0 Å². The maximum atomic E-state index is 12.3. The number of thiol groups is 1. The first-order valence-electron chi connectivity index (χ1n) is 9.14. The van der Waals surface area contributed by atoms with Gasteiger partial charge in [-0.3, -0.25) is 0 Å². The summed E-state index contributed by atoms with van der Waals surface area (Å²) in [4.78, 5) is 13.3. The van der Waals surface area contributed by atoms with Crippen molar-refractivity contribution < 1.29 is 4.74 Å². The standard InChI is InChI=1S/C20H22N4O2S/c1-3-13-5-4-6-18(24-20(25)23(2)21-22-24)17(13)12-26-19-10-9-15(27)11-16(19)14-7-8-14/h4-6,9-11,14,27H,3,7-8,12H2,1-2H3. The van der Waals surface area contributed by atoms with Crippen molar-refractivity contribution >= 4 is 12.6 Å². The average molecular weight is 382 g/mol. The number of aromatic nitrogens is 4. The number of nitrogens with zero attached hydrogens (tertiary/aromatic N) is 4. The predicted molar refractivity (Wildman–Crippen MR) is 106 cm³/mol. The summed E-state index contributed by atoms with van der Waals surface area (Å²) in [5.74, 6) is 1.45. The molecule has 6 nitrogen and oxygen atoms in total. The third kappa shape index (κ3) is 3.51. The quantitative estimate of drug-likeness (QED) is 0.665. The van der Waals surface area contributed by atoms with E-state index in [-0.39, 0.29) is 5.69 Å². The van der Waals surface area contributed by atoms with E-state index in [9.17, 15) is 4.79 Å². The number of ether oxygens (including phenoxy) is 1. The minimum absolute atomic E-state index is 0.275. The maximum absolute atomic E-state index is 12.3. The summed E-state index contributed by atoms with van der Waals surface area (Å²) in [6.45, 7) is 2.46. The molecule has 140 valence electrons. The Morgan fingerprint density at radius 1 is 1.22 bits per heavy atom. The van der Waals surface area contributed by atoms with E-state index in [1.165, 1.54) is 27.8 Å². The smallest absolute Gasteiger partial charge is 0.368 e. The lowest BCUT2D eigenvalue weighted by Gasteiger charge is -2.16. The zero-order valence-corrected chi connectivity index (χ0v) is 16.3. The van der Waals surface area contributed by atoms with Crippen LogP contribution in [0.3, 0.4) is 0 Å². The van der Waals surface area contributed by atoms with Crippen molar-refractivity contribution in [1.29, 1.82) is 0 Å². The third-order valence-corrected chi connectivity index (χ3v) is 5.24. The van der Waals surface area contributed by atoms with Crippen LogP contribution in [0.25, 0.3) is 5.69 Å². The second-order valence-corrected chi connectivity index (χ2v) is 7.37. The van der Waals surface area contributed by atoms with Gasteiger partial charge in [-0.15, -0.1) is 12.6 Å². The van der Waals surface area contributed by atoms with Crippen molar-refractivity contribution in [3.05, 3.63) is 63.6 Å². The second-order valence-electron chi connectivity index (χ2n) is 6.85. The molecule has 1 aliphatic rings. The van der Waals surface area contributed by atoms with Crippen LogP contribution < -0.4 is 10.4 Å². The van der Waals surface area contributed by atoms with E-state index in [1.54, 1.807) is 7.05 Å². The van der Waals surface area contributed by atoms with Gasteiger partial charge in [0.1, 0.15) is 12.4 Å². The van der Waals surface area contributed by atoms with Crippen LogP contribution in [0.5, 0.6) is 5.75 Å². The van der Waals surface area contributed by atoms with E-state index in [4.69, 9.17) is 4.74 Å². The molecule has 0 radical (unpaired) electrons. The lowest BCUT2D eigenvalue weighted by atomic mass is 10.0. The number of tetrazole rings is 1. The van der Waals surface area contributed by atoms with Gasteiger partial charge in [0.05, 0.1) is 5.69 Å². The summed E-state index contributed by atoms with van der Waals surface area (Å²) in [5.41, 5.74) is 3.74. The summed E-state index contributed by atoms with van der Waals surface area (Å²) in [6.07, 6.45) is 3.23. The molecule has 0 amide bonds. The molecule has 1 aromatic heterocycles. The van der Waals surface area contributed by atoms with E-state index >= 15 is 0 Å². The molecule has 0 saturated heterocycles. The van der Waals surface area contributed by atoms with Gasteiger partial charge < -0.3 is 4.74 Å². The van der Waals surface area contributed by atoms with Gasteiger partial charge in [0, 0.05) is 17.5 Å². The number of benzene rings is 2. The van der Waals surface area contributed by atoms with Crippen molar-refractivity contribution in [1.82, 2.24) is 19.8 Å². The van der Waals surface area contributed by atoms with Crippen molar-refractivity contribution in [3.63, 3.8) is 0 Å². The van der Waals surface area contributed by atoms with Crippen LogP contribution in [-0.2, 0) is 20.1 Å². The number of rotatable bonds is 6. The fourth-order valence-electron chi connectivity index (χ4n) is 3.31. The number of aryl methyl sites for hydroxylation is 2. The molecule has 27 heavy (non-hydrogen) atoms. The van der Waals surface area contributed by atoms with Gasteiger partial charge in [-0.2, -0.15) is 9.36 Å². The molecule has 1 heterocycles. The lowest BCUT2D eigenvalue weighted by Crippen LogP contribution is -2.23. The van der Waals surface area contributed by atoms with Gasteiger partial charge >= 0.3 is 5.69 Å². The van der Waals surface area contributed by atoms with Crippen LogP contribution >= 0.6 is 12.6 Å². The predicted octanol–water partition coefficient (Wildman–Crippen LogP) is 3.27. The minimum atomic E-state index is -0.275. The van der Waals surface area contributed by atoms with E-state index < -0.39 is 0 Å². The highest BCUT2D eigenvalue weighted by Crippen LogP contribution is 2.45. The Bertz CT molecular complexity index is 1040. The summed E-state index contributed by atoms with van der Waals surface area (Å²) in [7, 11) is 1.59. The molecule has 1 fully saturated rings. The van der Waals surface area contributed by atoms with Crippen molar-refractivity contribution in [3.8, 4) is 11.4 Å². The third-order valence-electron chi connectivity index (χ3n) is 4.96. The molecule has 4 rings (SSSR count). The Labute approximate surface area is 163 Å². The molecule has 1 saturated carbocycles. The van der Waals surface area contributed by atoms with Crippen LogP contribution in [0.15, 0.2) is 46.1 Å². The van der Waals surface area contributed by atoms with Crippen LogP contribution in [0.2, 0.25) is 0 Å². The normalized spacial score (nSPS) is 13.7. The fourth-order valence-corrected chi connectivity index (χ4v) is 3.53. The number of hydrogen-bond donors (Lipinski definition) is 1. The first kappa shape index (κ1) is 17.9. The molecule has 3 aromatic rings. The van der Waals surface area contributed by atoms with Crippen LogP contribution in [0.4, 0.5) is 0 Å². The first-order valence-corrected chi connectivity index (χ1v) is 9.59. The van der Waals surface area contributed by atoms with Gasteiger partial charge in [0.25, 0.3) is 0 Å². The highest BCUT2D eigenvalue weighted by molar-refractivity contribution is 7.80. The SMILES string of the molecule is CCc1cccc(-n2nnn(C)c2=O)c1COc1ccc(S)cc1C1CC1. The highest BCUT2D eigenvalue weighted by atomic mass is 32.1. The Kier molecular flexibility index (Phi) is 4.78. The monoisotopic (exact) mass is 382 g/mol. The van der Waals surface area contributed by atoms with E-state index in [0.717, 1.165) is 28.2 Å². The molecule has 0 atom stereocenters. The molecule has 0 spiro atoms. The summed E-state index contributed by atoms with van der Waals surface area (Å²) in [5, 5.41) is 7.83.